The van der Waals surface area contributed by atoms with Gasteiger partial charge in [0.2, 0.25) is 0 Å². The number of halogens is 2. The van der Waals surface area contributed by atoms with E-state index in [2.05, 4.69) is 25.6 Å². The van der Waals surface area contributed by atoms with E-state index in [0.717, 1.165) is 0 Å². The maximum atomic E-state index is 13.7. The number of pyridine rings is 1. The van der Waals surface area contributed by atoms with Gasteiger partial charge in [0, 0.05) is 30.6 Å². The number of carbonyl (C=O) groups excluding carboxylic acids is 1. The number of methoxy groups -OCH3 is 2. The second-order valence-electron chi connectivity index (χ2n) is 7.82. The predicted molar refractivity (Wildman–Crippen MR) is 147 cm³/mol. The maximum absolute atomic E-state index is 13.7. The first kappa shape index (κ1) is 27.4. The van der Waals surface area contributed by atoms with Gasteiger partial charge in [0.1, 0.15) is 45.2 Å². The molecule has 12 nitrogen and oxygen atoms in total. The topological polar surface area (TPSA) is 145 Å². The highest BCUT2D eigenvalue weighted by molar-refractivity contribution is 6.41. The number of nitro groups is 1. The second-order valence-corrected chi connectivity index (χ2v) is 8.58. The van der Waals surface area contributed by atoms with Crippen LogP contribution in [0, 0.1) is 10.1 Å². The van der Waals surface area contributed by atoms with Crippen LogP contribution in [0.4, 0.5) is 33.5 Å². The summed E-state index contributed by atoms with van der Waals surface area (Å²) in [4.78, 5) is 38.4. The van der Waals surface area contributed by atoms with Crippen LogP contribution in [0.3, 0.4) is 0 Å². The van der Waals surface area contributed by atoms with Crippen LogP contribution in [0.1, 0.15) is 5.56 Å². The highest BCUT2D eigenvalue weighted by atomic mass is 35.5. The Hall–Kier alpha value is -4.68. The Labute approximate surface area is 232 Å². The largest absolute Gasteiger partial charge is 0.495 e. The summed E-state index contributed by atoms with van der Waals surface area (Å²) in [5, 5.41) is 17.2. The van der Waals surface area contributed by atoms with Crippen molar-refractivity contribution in [3.05, 3.63) is 93.0 Å². The van der Waals surface area contributed by atoms with Crippen molar-refractivity contribution in [2.24, 2.45) is 0 Å². The minimum absolute atomic E-state index is 0.0535. The number of ether oxygens (including phenoxy) is 2. The molecule has 2 N–H and O–H groups in total. The summed E-state index contributed by atoms with van der Waals surface area (Å²) in [6.45, 7) is 0.0535. The molecule has 0 unspecified atom stereocenters. The fourth-order valence-electron chi connectivity index (χ4n) is 3.54. The molecule has 2 aromatic carbocycles. The molecule has 0 saturated carbocycles. The van der Waals surface area contributed by atoms with Crippen LogP contribution in [-0.4, -0.2) is 40.1 Å². The molecule has 2 aromatic heterocycles. The number of hydrogen-bond donors (Lipinski definition) is 2. The van der Waals surface area contributed by atoms with Crippen LogP contribution in [-0.2, 0) is 6.54 Å². The summed E-state index contributed by atoms with van der Waals surface area (Å²) in [5.74, 6) is 0.877. The molecule has 2 amide bonds. The van der Waals surface area contributed by atoms with Gasteiger partial charge in [-0.3, -0.25) is 20.0 Å². The van der Waals surface area contributed by atoms with Gasteiger partial charge in [-0.15, -0.1) is 0 Å². The van der Waals surface area contributed by atoms with Gasteiger partial charge >= 0.3 is 6.03 Å². The highest BCUT2D eigenvalue weighted by Crippen LogP contribution is 2.44. The molecular weight excluding hydrogens is 549 g/mol. The summed E-state index contributed by atoms with van der Waals surface area (Å²) in [5.41, 5.74) is 0.847. The Kier molecular flexibility index (Phi) is 8.59. The van der Waals surface area contributed by atoms with Gasteiger partial charge in [0.15, 0.2) is 0 Å². The molecule has 0 saturated heterocycles. The van der Waals surface area contributed by atoms with Gasteiger partial charge in [-0.1, -0.05) is 41.4 Å². The monoisotopic (exact) mass is 569 g/mol. The molecular formula is C25H21Cl2N7O5. The lowest BCUT2D eigenvalue weighted by molar-refractivity contribution is -0.383. The van der Waals surface area contributed by atoms with E-state index in [1.807, 2.05) is 0 Å². The summed E-state index contributed by atoms with van der Waals surface area (Å²) in [6, 6.07) is 12.0. The first-order valence-electron chi connectivity index (χ1n) is 11.2. The van der Waals surface area contributed by atoms with Gasteiger partial charge in [-0.2, -0.15) is 0 Å². The molecule has 0 fully saturated rings. The van der Waals surface area contributed by atoms with Crippen molar-refractivity contribution in [2.75, 3.05) is 29.8 Å². The number of carbonyl (C=O) groups is 1. The van der Waals surface area contributed by atoms with Crippen molar-refractivity contribution >= 4 is 57.9 Å². The van der Waals surface area contributed by atoms with Crippen LogP contribution >= 0.6 is 23.2 Å². The Bertz CT molecular complexity index is 1480. The van der Waals surface area contributed by atoms with E-state index >= 15 is 0 Å². The predicted octanol–water partition coefficient (Wildman–Crippen LogP) is 6.09. The summed E-state index contributed by atoms with van der Waals surface area (Å²) in [7, 11) is 2.84. The quantitative estimate of drug-likeness (QED) is 0.180. The third-order valence-electron chi connectivity index (χ3n) is 5.41. The smallest absolute Gasteiger partial charge is 0.327 e. The SMILES string of the molecule is COc1cc(OC)c(Cl)c(NC(=O)N(Cc2cccnc2)c2cc(Nc3ccccc3[N+](=O)[O-])ncn2)c1Cl. The number of benzene rings is 2. The van der Waals surface area contributed by atoms with E-state index in [1.165, 1.54) is 43.6 Å². The number of rotatable bonds is 9. The van der Waals surface area contributed by atoms with Crippen molar-refractivity contribution in [1.82, 2.24) is 15.0 Å². The van der Waals surface area contributed by atoms with Crippen LogP contribution in [0.15, 0.2) is 67.3 Å². The number of nitrogens with zero attached hydrogens (tertiary/aromatic N) is 5. The zero-order valence-corrected chi connectivity index (χ0v) is 22.1. The molecule has 0 atom stereocenters. The fourth-order valence-corrected chi connectivity index (χ4v) is 4.14. The lowest BCUT2D eigenvalue weighted by Crippen LogP contribution is -2.35. The summed E-state index contributed by atoms with van der Waals surface area (Å²) in [6.07, 6.45) is 4.43. The molecule has 0 aliphatic heterocycles. The molecule has 4 aromatic rings. The molecule has 0 radical (unpaired) electrons. The fraction of sp³-hybridized carbons (Fsp3) is 0.120. The Morgan fingerprint density at radius 1 is 1.05 bits per heavy atom. The number of amides is 2. The average molecular weight is 570 g/mol. The first-order valence-corrected chi connectivity index (χ1v) is 12.0. The number of hydrogen-bond acceptors (Lipinski definition) is 9. The molecule has 0 aliphatic rings. The van der Waals surface area contributed by atoms with E-state index < -0.39 is 11.0 Å². The zero-order valence-electron chi connectivity index (χ0n) is 20.6. The van der Waals surface area contributed by atoms with Crippen molar-refractivity contribution in [3.8, 4) is 11.5 Å². The summed E-state index contributed by atoms with van der Waals surface area (Å²) >= 11 is 12.9. The molecule has 0 spiro atoms. The second kappa shape index (κ2) is 12.2. The Balaban J connectivity index is 1.71. The van der Waals surface area contributed by atoms with Gasteiger partial charge in [-0.25, -0.2) is 14.8 Å². The molecule has 4 rings (SSSR count). The van der Waals surface area contributed by atoms with E-state index in [-0.39, 0.29) is 56.8 Å². The van der Waals surface area contributed by atoms with Gasteiger partial charge in [0.25, 0.3) is 5.69 Å². The molecule has 2 heterocycles. The molecule has 200 valence electrons. The van der Waals surface area contributed by atoms with Crippen molar-refractivity contribution in [2.45, 2.75) is 6.54 Å². The highest BCUT2D eigenvalue weighted by Gasteiger charge is 2.24. The Morgan fingerprint density at radius 3 is 2.41 bits per heavy atom. The standard InChI is InChI=1S/C25H21Cl2N7O5/c1-38-18-10-19(39-2)23(27)24(22(18)26)32-25(35)33(13-15-6-5-9-28-12-15)21-11-20(29-14-30-21)31-16-7-3-4-8-17(16)34(36)37/h3-12,14H,13H2,1-2H3,(H,32,35)(H,29,30,31). The van der Waals surface area contributed by atoms with Crippen molar-refractivity contribution < 1.29 is 19.2 Å². The molecule has 14 heteroatoms. The minimum Gasteiger partial charge on any atom is -0.495 e. The number of nitrogens with one attached hydrogen (secondary N) is 2. The molecule has 39 heavy (non-hydrogen) atoms. The molecule has 0 bridgehead atoms. The van der Waals surface area contributed by atoms with Crippen molar-refractivity contribution in [3.63, 3.8) is 0 Å². The maximum Gasteiger partial charge on any atom is 0.327 e. The summed E-state index contributed by atoms with van der Waals surface area (Å²) < 4.78 is 10.6. The van der Waals surface area contributed by atoms with Gasteiger partial charge < -0.3 is 20.1 Å². The van der Waals surface area contributed by atoms with Crippen LogP contribution in [0.5, 0.6) is 11.5 Å². The zero-order chi connectivity index (χ0) is 27.9. The van der Waals surface area contributed by atoms with Crippen LogP contribution < -0.4 is 25.0 Å². The lowest BCUT2D eigenvalue weighted by atomic mass is 10.2. The number of para-hydroxylation sites is 2. The third-order valence-corrected chi connectivity index (χ3v) is 6.16. The minimum atomic E-state index is -0.645. The average Bonchev–Trinajstić information content (AvgIpc) is 2.95. The van der Waals surface area contributed by atoms with Crippen LogP contribution in [0.2, 0.25) is 10.0 Å². The number of aromatic nitrogens is 3. The Morgan fingerprint density at radius 2 is 1.77 bits per heavy atom. The van der Waals surface area contributed by atoms with Crippen LogP contribution in [0.25, 0.3) is 0 Å². The first-order chi connectivity index (χ1) is 18.8. The van der Waals surface area contributed by atoms with E-state index in [9.17, 15) is 14.9 Å². The van der Waals surface area contributed by atoms with E-state index in [0.29, 0.717) is 5.56 Å². The lowest BCUT2D eigenvalue weighted by Gasteiger charge is -2.24. The normalized spacial score (nSPS) is 10.5. The third kappa shape index (κ3) is 6.25. The number of anilines is 4. The number of nitro benzene ring substituents is 1. The van der Waals surface area contributed by atoms with E-state index in [4.69, 9.17) is 32.7 Å². The van der Waals surface area contributed by atoms with Gasteiger partial charge in [0.05, 0.1) is 31.4 Å². The van der Waals surface area contributed by atoms with Crippen molar-refractivity contribution in [1.29, 1.82) is 0 Å². The number of urea groups is 1. The molecule has 0 aliphatic carbocycles. The van der Waals surface area contributed by atoms with Gasteiger partial charge in [-0.05, 0) is 17.7 Å². The van der Waals surface area contributed by atoms with E-state index in [1.54, 1.807) is 42.7 Å².